The first-order valence-corrected chi connectivity index (χ1v) is 12.3. The molecule has 1 spiro atoms. The Kier molecular flexibility index (Phi) is 4.45. The van der Waals surface area contributed by atoms with Gasteiger partial charge in [0.25, 0.3) is 5.56 Å². The molecule has 31 heavy (non-hydrogen) atoms. The van der Waals surface area contributed by atoms with Gasteiger partial charge in [0.2, 0.25) is 0 Å². The van der Waals surface area contributed by atoms with Crippen molar-refractivity contribution < 1.29 is 8.42 Å². The monoisotopic (exact) mass is 437 g/mol. The van der Waals surface area contributed by atoms with Crippen molar-refractivity contribution in [3.05, 3.63) is 46.9 Å². The van der Waals surface area contributed by atoms with E-state index in [9.17, 15) is 18.5 Å². The van der Waals surface area contributed by atoms with Gasteiger partial charge in [-0.1, -0.05) is 0 Å². The summed E-state index contributed by atoms with van der Waals surface area (Å²) in [5.41, 5.74) is 1.40. The Hall–Kier alpha value is -3.12. The van der Waals surface area contributed by atoms with E-state index in [1.165, 1.54) is 25.0 Å². The Balaban J connectivity index is 1.54. The number of fused-ring (bicyclic) bond motifs is 1. The van der Waals surface area contributed by atoms with Crippen LogP contribution in [0.15, 0.2) is 46.2 Å². The van der Waals surface area contributed by atoms with Crippen LogP contribution < -0.4 is 10.9 Å². The summed E-state index contributed by atoms with van der Waals surface area (Å²) in [6, 6.07) is 10.5. The van der Waals surface area contributed by atoms with Gasteiger partial charge in [0.1, 0.15) is 5.39 Å². The van der Waals surface area contributed by atoms with Crippen LogP contribution in [0.1, 0.15) is 38.1 Å². The van der Waals surface area contributed by atoms with Crippen molar-refractivity contribution in [1.29, 1.82) is 5.26 Å². The van der Waals surface area contributed by atoms with Gasteiger partial charge in [0.05, 0.1) is 28.4 Å². The number of anilines is 2. The molecule has 9 heteroatoms. The normalized spacial score (nSPS) is 22.3. The second-order valence-corrected chi connectivity index (χ2v) is 10.8. The average molecular weight is 438 g/mol. The minimum Gasteiger partial charge on any atom is -0.338 e. The molecule has 2 aromatic heterocycles. The third-order valence-electron chi connectivity index (χ3n) is 6.70. The molecular formula is C22H23N5O3S. The zero-order valence-corrected chi connectivity index (χ0v) is 17.9. The predicted molar refractivity (Wildman–Crippen MR) is 117 cm³/mol. The van der Waals surface area contributed by atoms with Crippen molar-refractivity contribution in [3.63, 3.8) is 0 Å². The van der Waals surface area contributed by atoms with Crippen LogP contribution in [-0.2, 0) is 9.84 Å². The van der Waals surface area contributed by atoms with Gasteiger partial charge in [-0.25, -0.2) is 8.42 Å². The van der Waals surface area contributed by atoms with Gasteiger partial charge in [0, 0.05) is 18.1 Å². The summed E-state index contributed by atoms with van der Waals surface area (Å²) in [5, 5.41) is 18.1. The Morgan fingerprint density at radius 2 is 1.97 bits per heavy atom. The Morgan fingerprint density at radius 3 is 2.61 bits per heavy atom. The highest BCUT2D eigenvalue weighted by molar-refractivity contribution is 7.90. The van der Waals surface area contributed by atoms with Crippen molar-refractivity contribution in [2.45, 2.75) is 43.0 Å². The first kappa shape index (κ1) is 19.8. The van der Waals surface area contributed by atoms with Crippen LogP contribution in [0.3, 0.4) is 0 Å². The fourth-order valence-electron chi connectivity index (χ4n) is 4.78. The molecule has 0 saturated heterocycles. The number of aromatic amines is 1. The molecule has 2 aliphatic rings. The van der Waals surface area contributed by atoms with E-state index in [0.717, 1.165) is 25.5 Å². The van der Waals surface area contributed by atoms with Gasteiger partial charge in [-0.05, 0) is 67.9 Å². The third kappa shape index (κ3) is 3.51. The highest BCUT2D eigenvalue weighted by atomic mass is 32.2. The number of sulfone groups is 1. The second-order valence-electron chi connectivity index (χ2n) is 8.83. The molecule has 2 aliphatic carbocycles. The maximum Gasteiger partial charge on any atom is 0.261 e. The summed E-state index contributed by atoms with van der Waals surface area (Å²) in [6.07, 6.45) is 7.99. The van der Waals surface area contributed by atoms with Gasteiger partial charge >= 0.3 is 0 Å². The van der Waals surface area contributed by atoms with Gasteiger partial charge in [-0.2, -0.15) is 10.4 Å². The van der Waals surface area contributed by atoms with Crippen molar-refractivity contribution in [1.82, 2.24) is 14.8 Å². The van der Waals surface area contributed by atoms with Crippen LogP contribution in [0.25, 0.3) is 10.9 Å². The maximum absolute atomic E-state index is 12.6. The summed E-state index contributed by atoms with van der Waals surface area (Å²) >= 11 is 0. The van der Waals surface area contributed by atoms with E-state index in [2.05, 4.69) is 16.4 Å². The number of H-pyrrole nitrogens is 1. The summed E-state index contributed by atoms with van der Waals surface area (Å²) in [4.78, 5) is 15.6. The van der Waals surface area contributed by atoms with Crippen molar-refractivity contribution >= 4 is 32.2 Å². The van der Waals surface area contributed by atoms with E-state index in [1.807, 2.05) is 10.7 Å². The number of aromatic nitrogens is 3. The standard InChI is InChI=1S/C22H23N5O3S/c1-31(29,30)16-4-2-15(3-5-16)25-20-19-18(7-11-24-21(19)28)27(26-20)17-6-8-22(9-10-22)12-14(17)13-23/h2-5,7,11,14,17H,6,8-10,12H2,1H3,(H,24,28)(H,25,26)/t14-,17+/m1/s1. The Labute approximate surface area is 179 Å². The lowest BCUT2D eigenvalue weighted by Gasteiger charge is -2.33. The molecular weight excluding hydrogens is 414 g/mol. The molecule has 2 heterocycles. The molecule has 0 aliphatic heterocycles. The average Bonchev–Trinajstić information content (AvgIpc) is 3.39. The van der Waals surface area contributed by atoms with E-state index in [4.69, 9.17) is 5.10 Å². The summed E-state index contributed by atoms with van der Waals surface area (Å²) in [6.45, 7) is 0. The fourth-order valence-corrected chi connectivity index (χ4v) is 5.41. The van der Waals surface area contributed by atoms with Crippen LogP contribution in [0, 0.1) is 22.7 Å². The third-order valence-corrected chi connectivity index (χ3v) is 7.83. The van der Waals surface area contributed by atoms with Gasteiger partial charge in [-0.3, -0.25) is 9.48 Å². The molecule has 2 saturated carbocycles. The SMILES string of the molecule is CS(=O)(=O)c1ccc(Nc2nn([C@H]3CCC4(CC4)C[C@@H]3C#N)c3cc[nH]c(=O)c23)cc1. The number of nitrogens with zero attached hydrogens (tertiary/aromatic N) is 3. The number of benzene rings is 1. The first-order chi connectivity index (χ1) is 14.8. The molecule has 5 rings (SSSR count). The second kappa shape index (κ2) is 6.95. The zero-order valence-electron chi connectivity index (χ0n) is 17.1. The molecule has 3 aromatic rings. The maximum atomic E-state index is 12.6. The molecule has 2 N–H and O–H groups in total. The lowest BCUT2D eigenvalue weighted by atomic mass is 9.76. The van der Waals surface area contributed by atoms with Crippen molar-refractivity contribution in [2.75, 3.05) is 11.6 Å². The number of nitrogens with one attached hydrogen (secondary N) is 2. The van der Waals surface area contributed by atoms with Gasteiger partial charge in [0.15, 0.2) is 15.7 Å². The topological polar surface area (TPSA) is 121 Å². The highest BCUT2D eigenvalue weighted by Crippen LogP contribution is 2.59. The molecule has 0 unspecified atom stereocenters. The molecule has 2 fully saturated rings. The lowest BCUT2D eigenvalue weighted by Crippen LogP contribution is -2.28. The number of nitriles is 1. The number of rotatable bonds is 4. The van der Waals surface area contributed by atoms with E-state index in [1.54, 1.807) is 18.3 Å². The molecule has 1 aromatic carbocycles. The fraction of sp³-hybridized carbons (Fsp3) is 0.409. The molecule has 0 bridgehead atoms. The smallest absolute Gasteiger partial charge is 0.261 e. The molecule has 0 radical (unpaired) electrons. The molecule has 8 nitrogen and oxygen atoms in total. The van der Waals surface area contributed by atoms with Gasteiger partial charge in [-0.15, -0.1) is 0 Å². The van der Waals surface area contributed by atoms with E-state index in [0.29, 0.717) is 27.8 Å². The van der Waals surface area contributed by atoms with Crippen LogP contribution in [-0.4, -0.2) is 29.4 Å². The quantitative estimate of drug-likeness (QED) is 0.644. The van der Waals surface area contributed by atoms with E-state index >= 15 is 0 Å². The largest absolute Gasteiger partial charge is 0.338 e. The summed E-state index contributed by atoms with van der Waals surface area (Å²) in [5.74, 6) is 0.257. The summed E-state index contributed by atoms with van der Waals surface area (Å²) < 4.78 is 25.2. The lowest BCUT2D eigenvalue weighted by molar-refractivity contribution is 0.200. The highest BCUT2D eigenvalue weighted by Gasteiger charge is 2.49. The van der Waals surface area contributed by atoms with E-state index < -0.39 is 9.84 Å². The predicted octanol–water partition coefficient (Wildman–Crippen LogP) is 3.52. The van der Waals surface area contributed by atoms with Crippen LogP contribution in [0.5, 0.6) is 0 Å². The summed E-state index contributed by atoms with van der Waals surface area (Å²) in [7, 11) is -3.29. The Morgan fingerprint density at radius 1 is 1.23 bits per heavy atom. The molecule has 160 valence electrons. The van der Waals surface area contributed by atoms with Crippen LogP contribution in [0.2, 0.25) is 0 Å². The number of hydrogen-bond acceptors (Lipinski definition) is 6. The molecule has 2 atom stereocenters. The molecule has 0 amide bonds. The van der Waals surface area contributed by atoms with Crippen molar-refractivity contribution in [2.24, 2.45) is 11.3 Å². The zero-order chi connectivity index (χ0) is 21.8. The van der Waals surface area contributed by atoms with Gasteiger partial charge < -0.3 is 10.3 Å². The number of hydrogen-bond donors (Lipinski definition) is 2. The minimum atomic E-state index is -3.29. The minimum absolute atomic E-state index is 0.0799. The van der Waals surface area contributed by atoms with Crippen LogP contribution >= 0.6 is 0 Å². The number of pyridine rings is 1. The van der Waals surface area contributed by atoms with Crippen molar-refractivity contribution in [3.8, 4) is 6.07 Å². The Bertz CT molecular complexity index is 1360. The first-order valence-electron chi connectivity index (χ1n) is 10.4. The van der Waals surface area contributed by atoms with E-state index in [-0.39, 0.29) is 22.4 Å². The van der Waals surface area contributed by atoms with Crippen LogP contribution in [0.4, 0.5) is 11.5 Å².